The van der Waals surface area contributed by atoms with Crippen LogP contribution in [-0.2, 0) is 4.79 Å². The summed E-state index contributed by atoms with van der Waals surface area (Å²) in [7, 11) is 0. The molecule has 0 saturated carbocycles. The number of carbonyl (C=O) groups is 1. The van der Waals surface area contributed by atoms with Crippen LogP contribution in [0, 0.1) is 0 Å². The van der Waals surface area contributed by atoms with Gasteiger partial charge in [0.05, 0.1) is 11.4 Å². The summed E-state index contributed by atoms with van der Waals surface area (Å²) in [5.41, 5.74) is 1.59. The average molecular weight is 257 g/mol. The summed E-state index contributed by atoms with van der Waals surface area (Å²) in [6, 6.07) is 7.02. The number of nitrogens with one attached hydrogen (secondary N) is 2. The van der Waals surface area contributed by atoms with Crippen LogP contribution in [0.25, 0.3) is 11.3 Å². The molecule has 1 aromatic carbocycles. The van der Waals surface area contributed by atoms with Crippen LogP contribution in [0.1, 0.15) is 6.92 Å². The zero-order chi connectivity index (χ0) is 13.4. The second-order valence-corrected chi connectivity index (χ2v) is 4.25. The van der Waals surface area contributed by atoms with Crippen LogP contribution in [0.2, 0.25) is 0 Å². The molecule has 96 valence electrons. The van der Waals surface area contributed by atoms with Gasteiger partial charge in [-0.15, -0.1) is 0 Å². The molecule has 0 spiro atoms. The zero-order valence-electron chi connectivity index (χ0n) is 10.1. The van der Waals surface area contributed by atoms with E-state index in [1.807, 2.05) is 6.07 Å². The molecule has 2 N–H and O–H groups in total. The highest BCUT2D eigenvalue weighted by Crippen LogP contribution is 2.33. The lowest BCUT2D eigenvalue weighted by Gasteiger charge is -2.23. The minimum Gasteiger partial charge on any atom is -0.479 e. The third-order valence-corrected chi connectivity index (χ3v) is 2.90. The van der Waals surface area contributed by atoms with Crippen molar-refractivity contribution in [2.24, 2.45) is 0 Å². The van der Waals surface area contributed by atoms with Crippen LogP contribution in [0.3, 0.4) is 0 Å². The molecule has 2 heterocycles. The van der Waals surface area contributed by atoms with E-state index >= 15 is 0 Å². The summed E-state index contributed by atoms with van der Waals surface area (Å²) >= 11 is 0. The summed E-state index contributed by atoms with van der Waals surface area (Å²) in [5.74, 6) is 0.431. The molecule has 1 unspecified atom stereocenters. The average Bonchev–Trinajstić information content (AvgIpc) is 2.39. The standard InChI is InChI=1S/C13H11N3O3/c1-7-12(17)15-10-6-8(2-3-11(10)19-7)9-4-5-14-13(18)16-9/h2-7H,1H3,(H,15,17)(H,14,16,18). The Kier molecular flexibility index (Phi) is 2.56. The van der Waals surface area contributed by atoms with E-state index < -0.39 is 11.8 Å². The highest BCUT2D eigenvalue weighted by Gasteiger charge is 2.23. The maximum Gasteiger partial charge on any atom is 0.345 e. The van der Waals surface area contributed by atoms with Gasteiger partial charge < -0.3 is 15.0 Å². The number of carbonyl (C=O) groups excluding carboxylic acids is 1. The van der Waals surface area contributed by atoms with Gasteiger partial charge in [-0.2, -0.15) is 0 Å². The molecular formula is C13H11N3O3. The fourth-order valence-corrected chi connectivity index (χ4v) is 1.91. The smallest absolute Gasteiger partial charge is 0.345 e. The normalized spacial score (nSPS) is 17.3. The predicted octanol–water partition coefficient (Wildman–Crippen LogP) is 1.16. The molecule has 0 radical (unpaired) electrons. The Balaban J connectivity index is 2.05. The number of rotatable bonds is 1. The zero-order valence-corrected chi connectivity index (χ0v) is 10.1. The molecule has 0 bridgehead atoms. The molecule has 6 nitrogen and oxygen atoms in total. The third kappa shape index (κ3) is 2.08. The van der Waals surface area contributed by atoms with Crippen LogP contribution in [0.5, 0.6) is 5.75 Å². The number of aromatic amines is 1. The fraction of sp³-hybridized carbons (Fsp3) is 0.154. The summed E-state index contributed by atoms with van der Waals surface area (Å²) in [6.45, 7) is 1.69. The van der Waals surface area contributed by atoms with Gasteiger partial charge >= 0.3 is 5.69 Å². The molecule has 3 rings (SSSR count). The van der Waals surface area contributed by atoms with E-state index in [1.165, 1.54) is 6.20 Å². The maximum atomic E-state index is 11.6. The van der Waals surface area contributed by atoms with Crippen molar-refractivity contribution in [3.05, 3.63) is 40.9 Å². The van der Waals surface area contributed by atoms with Crippen molar-refractivity contribution in [1.82, 2.24) is 9.97 Å². The molecule has 1 aromatic heterocycles. The van der Waals surface area contributed by atoms with E-state index in [9.17, 15) is 9.59 Å². The van der Waals surface area contributed by atoms with Gasteiger partial charge in [-0.05, 0) is 31.2 Å². The van der Waals surface area contributed by atoms with Crippen LogP contribution in [-0.4, -0.2) is 22.0 Å². The number of amides is 1. The molecule has 1 aliphatic heterocycles. The number of benzene rings is 1. The highest BCUT2D eigenvalue weighted by molar-refractivity contribution is 5.98. The van der Waals surface area contributed by atoms with Gasteiger partial charge in [0.25, 0.3) is 5.91 Å². The third-order valence-electron chi connectivity index (χ3n) is 2.90. The lowest BCUT2D eigenvalue weighted by molar-refractivity contribution is -0.122. The molecule has 0 aliphatic carbocycles. The van der Waals surface area contributed by atoms with Crippen molar-refractivity contribution in [1.29, 1.82) is 0 Å². The van der Waals surface area contributed by atoms with Crippen molar-refractivity contribution in [2.75, 3.05) is 5.32 Å². The van der Waals surface area contributed by atoms with Gasteiger partial charge in [-0.3, -0.25) is 4.79 Å². The Morgan fingerprint density at radius 3 is 2.89 bits per heavy atom. The van der Waals surface area contributed by atoms with Gasteiger partial charge in [-0.1, -0.05) is 0 Å². The van der Waals surface area contributed by atoms with Crippen LogP contribution < -0.4 is 15.7 Å². The summed E-state index contributed by atoms with van der Waals surface area (Å²) in [4.78, 5) is 28.9. The monoisotopic (exact) mass is 257 g/mol. The minimum atomic E-state index is -0.501. The number of fused-ring (bicyclic) bond motifs is 1. The fourth-order valence-electron chi connectivity index (χ4n) is 1.91. The van der Waals surface area contributed by atoms with Crippen LogP contribution >= 0.6 is 0 Å². The van der Waals surface area contributed by atoms with E-state index in [0.29, 0.717) is 17.1 Å². The van der Waals surface area contributed by atoms with Crippen molar-refractivity contribution in [3.63, 3.8) is 0 Å². The van der Waals surface area contributed by atoms with Crippen molar-refractivity contribution < 1.29 is 9.53 Å². The Morgan fingerprint density at radius 2 is 2.11 bits per heavy atom. The van der Waals surface area contributed by atoms with Crippen molar-refractivity contribution in [3.8, 4) is 17.0 Å². The topological polar surface area (TPSA) is 84.1 Å². The predicted molar refractivity (Wildman–Crippen MR) is 69.0 cm³/mol. The van der Waals surface area contributed by atoms with Gasteiger partial charge in [-0.25, -0.2) is 9.78 Å². The van der Waals surface area contributed by atoms with Crippen LogP contribution in [0.4, 0.5) is 5.69 Å². The van der Waals surface area contributed by atoms with Crippen LogP contribution in [0.15, 0.2) is 35.3 Å². The molecule has 6 heteroatoms. The van der Waals surface area contributed by atoms with Gasteiger partial charge in [0.1, 0.15) is 5.75 Å². The number of aromatic nitrogens is 2. The second kappa shape index (κ2) is 4.24. The first-order chi connectivity index (χ1) is 9.13. The maximum absolute atomic E-state index is 11.6. The number of H-pyrrole nitrogens is 1. The molecule has 19 heavy (non-hydrogen) atoms. The summed E-state index contributed by atoms with van der Waals surface area (Å²) in [5, 5.41) is 2.76. The van der Waals surface area contributed by atoms with Gasteiger partial charge in [0.15, 0.2) is 6.10 Å². The first-order valence-electron chi connectivity index (χ1n) is 5.81. The molecule has 1 aliphatic rings. The first kappa shape index (κ1) is 11.5. The molecule has 1 atom stereocenters. The first-order valence-corrected chi connectivity index (χ1v) is 5.81. The molecule has 0 fully saturated rings. The highest BCUT2D eigenvalue weighted by atomic mass is 16.5. The van der Waals surface area contributed by atoms with Gasteiger partial charge in [0, 0.05) is 11.8 Å². The van der Waals surface area contributed by atoms with E-state index in [4.69, 9.17) is 4.74 Å². The Labute approximate surface area is 108 Å². The number of nitrogens with zero attached hydrogens (tertiary/aromatic N) is 1. The largest absolute Gasteiger partial charge is 0.479 e. The lowest BCUT2D eigenvalue weighted by Crippen LogP contribution is -2.34. The molecule has 1 amide bonds. The molecular weight excluding hydrogens is 246 g/mol. The Morgan fingerprint density at radius 1 is 1.26 bits per heavy atom. The number of ether oxygens (including phenoxy) is 1. The summed E-state index contributed by atoms with van der Waals surface area (Å²) < 4.78 is 5.46. The Bertz CT molecular complexity index is 708. The Hall–Kier alpha value is -2.63. The number of hydrogen-bond acceptors (Lipinski definition) is 4. The van der Waals surface area contributed by atoms with E-state index in [-0.39, 0.29) is 5.91 Å². The molecule has 0 saturated heterocycles. The SMILES string of the molecule is CC1Oc2ccc(-c3ccnc(=O)[nH]3)cc2NC1=O. The number of hydrogen-bond donors (Lipinski definition) is 2. The van der Waals surface area contributed by atoms with E-state index in [2.05, 4.69) is 15.3 Å². The van der Waals surface area contributed by atoms with Gasteiger partial charge in [0.2, 0.25) is 0 Å². The number of anilines is 1. The molecule has 2 aromatic rings. The van der Waals surface area contributed by atoms with E-state index in [0.717, 1.165) is 5.56 Å². The van der Waals surface area contributed by atoms with E-state index in [1.54, 1.807) is 25.1 Å². The summed E-state index contributed by atoms with van der Waals surface area (Å²) in [6.07, 6.45) is 0.934. The minimum absolute atomic E-state index is 0.187. The second-order valence-electron chi connectivity index (χ2n) is 4.25. The quantitative estimate of drug-likeness (QED) is 0.802. The van der Waals surface area contributed by atoms with Crippen molar-refractivity contribution in [2.45, 2.75) is 13.0 Å². The van der Waals surface area contributed by atoms with Crippen molar-refractivity contribution >= 4 is 11.6 Å². The lowest BCUT2D eigenvalue weighted by atomic mass is 10.1.